The molecule has 1 unspecified atom stereocenters. The Morgan fingerprint density at radius 3 is 2.52 bits per heavy atom. The number of imidazole rings is 1. The average molecular weight is 398 g/mol. The first-order valence-electron chi connectivity index (χ1n) is 8.45. The molecule has 1 aromatic carbocycles. The summed E-state index contributed by atoms with van der Waals surface area (Å²) >= 11 is 6.01. The average Bonchev–Trinajstić information content (AvgIpc) is 2.89. The summed E-state index contributed by atoms with van der Waals surface area (Å²) in [6, 6.07) is 4.69. The third-order valence-corrected chi connectivity index (χ3v) is 4.88. The maximum atomic E-state index is 12.7. The van der Waals surface area contributed by atoms with E-state index in [4.69, 9.17) is 11.6 Å². The van der Waals surface area contributed by atoms with Crippen LogP contribution in [0.4, 0.5) is 13.2 Å². The Hall–Kier alpha value is -2.12. The van der Waals surface area contributed by atoms with Gasteiger partial charge in [0.25, 0.3) is 0 Å². The molecule has 0 radical (unpaired) electrons. The summed E-state index contributed by atoms with van der Waals surface area (Å²) < 4.78 is 40.2. The highest BCUT2D eigenvalue weighted by atomic mass is 35.5. The third kappa shape index (κ3) is 3.94. The Morgan fingerprint density at radius 2 is 1.93 bits per heavy atom. The molecule has 2 heterocycles. The van der Waals surface area contributed by atoms with Crippen LogP contribution >= 0.6 is 11.6 Å². The monoisotopic (exact) mass is 397 g/mol. The second-order valence-electron chi connectivity index (χ2n) is 6.59. The molecule has 0 amide bonds. The third-order valence-electron chi connectivity index (χ3n) is 4.56. The number of benzene rings is 1. The molecule has 3 rings (SSSR count). The van der Waals surface area contributed by atoms with E-state index >= 15 is 0 Å². The molecular weight excluding hydrogens is 379 g/mol. The molecule has 3 aromatic rings. The summed E-state index contributed by atoms with van der Waals surface area (Å²) in [6.45, 7) is 5.95. The predicted octanol–water partition coefficient (Wildman–Crippen LogP) is 5.02. The lowest BCUT2D eigenvalue weighted by atomic mass is 10.1. The number of fused-ring (bicyclic) bond motifs is 1. The van der Waals surface area contributed by atoms with E-state index in [9.17, 15) is 18.3 Å². The minimum absolute atomic E-state index is 0.00671. The Labute approximate surface area is 159 Å². The highest BCUT2D eigenvalue weighted by molar-refractivity contribution is 6.31. The molecule has 0 aliphatic heterocycles. The summed E-state index contributed by atoms with van der Waals surface area (Å²) in [5.74, 6) is 0.777. The van der Waals surface area contributed by atoms with Gasteiger partial charge in [0.2, 0.25) is 0 Å². The molecule has 4 nitrogen and oxygen atoms in total. The number of alkyl halides is 3. The zero-order valence-corrected chi connectivity index (χ0v) is 15.9. The molecule has 1 N–H and O–H groups in total. The molecular formula is C19H19ClF3N3O. The van der Waals surface area contributed by atoms with E-state index in [0.29, 0.717) is 18.7 Å². The Balaban J connectivity index is 1.92. The molecule has 1 atom stereocenters. The fourth-order valence-electron chi connectivity index (χ4n) is 3.08. The summed E-state index contributed by atoms with van der Waals surface area (Å²) in [5.41, 5.74) is 2.98. The minimum Gasteiger partial charge on any atom is -0.389 e. The Morgan fingerprint density at radius 1 is 1.22 bits per heavy atom. The van der Waals surface area contributed by atoms with Crippen LogP contribution in [0.5, 0.6) is 0 Å². The standard InChI is InChI=1S/C19H19ClF3N3O/c1-10-6-13(11(2)27)7-17-18(10)25-12(3)26(17)5-4-16-15(20)8-14(9-24-16)19(21,22)23/h6-9,11,27H,4-5H2,1-3H3. The second-order valence-corrected chi connectivity index (χ2v) is 7.00. The summed E-state index contributed by atoms with van der Waals surface area (Å²) in [6.07, 6.45) is -3.92. The number of hydrogen-bond acceptors (Lipinski definition) is 3. The maximum absolute atomic E-state index is 12.7. The van der Waals surface area contributed by atoms with Crippen LogP contribution in [0.3, 0.4) is 0 Å². The van der Waals surface area contributed by atoms with E-state index in [2.05, 4.69) is 9.97 Å². The van der Waals surface area contributed by atoms with Crippen LogP contribution < -0.4 is 0 Å². The molecule has 2 aromatic heterocycles. The number of aryl methyl sites for hydroxylation is 4. The highest BCUT2D eigenvalue weighted by Crippen LogP contribution is 2.31. The fourth-order valence-corrected chi connectivity index (χ4v) is 3.34. The van der Waals surface area contributed by atoms with Crippen molar-refractivity contribution in [2.45, 2.75) is 46.0 Å². The van der Waals surface area contributed by atoms with Crippen molar-refractivity contribution in [2.24, 2.45) is 0 Å². The summed E-state index contributed by atoms with van der Waals surface area (Å²) in [4.78, 5) is 8.46. The lowest BCUT2D eigenvalue weighted by Crippen LogP contribution is -2.09. The lowest BCUT2D eigenvalue weighted by molar-refractivity contribution is -0.137. The van der Waals surface area contributed by atoms with E-state index in [0.717, 1.165) is 40.2 Å². The lowest BCUT2D eigenvalue weighted by Gasteiger charge is -2.12. The van der Waals surface area contributed by atoms with Crippen LogP contribution in [0.2, 0.25) is 5.02 Å². The number of rotatable bonds is 4. The van der Waals surface area contributed by atoms with Gasteiger partial charge in [-0.1, -0.05) is 17.7 Å². The number of aliphatic hydroxyl groups excluding tert-OH is 1. The van der Waals surface area contributed by atoms with Gasteiger partial charge in [-0.3, -0.25) is 4.98 Å². The molecule has 0 spiro atoms. The largest absolute Gasteiger partial charge is 0.417 e. The quantitative estimate of drug-likeness (QED) is 0.672. The predicted molar refractivity (Wildman–Crippen MR) is 97.8 cm³/mol. The first-order valence-corrected chi connectivity index (χ1v) is 8.82. The minimum atomic E-state index is -4.47. The SMILES string of the molecule is Cc1cc(C(C)O)cc2c1nc(C)n2CCc1ncc(C(F)(F)F)cc1Cl. The zero-order chi connectivity index (χ0) is 19.9. The van der Waals surface area contributed by atoms with Crippen LogP contribution in [0.1, 0.15) is 41.2 Å². The van der Waals surface area contributed by atoms with Crippen molar-refractivity contribution in [3.63, 3.8) is 0 Å². The van der Waals surface area contributed by atoms with Gasteiger partial charge in [0.15, 0.2) is 0 Å². The second kappa shape index (κ2) is 7.13. The van der Waals surface area contributed by atoms with E-state index in [1.807, 2.05) is 30.5 Å². The van der Waals surface area contributed by atoms with Gasteiger partial charge in [-0.15, -0.1) is 0 Å². The molecule has 27 heavy (non-hydrogen) atoms. The van der Waals surface area contributed by atoms with Gasteiger partial charge in [0.05, 0.1) is 33.4 Å². The first-order chi connectivity index (χ1) is 12.6. The molecule has 0 saturated heterocycles. The van der Waals surface area contributed by atoms with Crippen molar-refractivity contribution in [3.05, 3.63) is 57.6 Å². The first kappa shape index (κ1) is 19.6. The van der Waals surface area contributed by atoms with Crippen LogP contribution in [0.15, 0.2) is 24.4 Å². The van der Waals surface area contributed by atoms with Gasteiger partial charge in [0, 0.05) is 19.2 Å². The van der Waals surface area contributed by atoms with Gasteiger partial charge in [-0.2, -0.15) is 13.2 Å². The zero-order valence-electron chi connectivity index (χ0n) is 15.1. The molecule has 0 saturated carbocycles. The van der Waals surface area contributed by atoms with Crippen molar-refractivity contribution < 1.29 is 18.3 Å². The maximum Gasteiger partial charge on any atom is 0.417 e. The van der Waals surface area contributed by atoms with Crippen molar-refractivity contribution >= 4 is 22.6 Å². The highest BCUT2D eigenvalue weighted by Gasteiger charge is 2.31. The molecule has 0 fully saturated rings. The van der Waals surface area contributed by atoms with Crippen LogP contribution in [-0.2, 0) is 19.1 Å². The Bertz CT molecular complexity index is 996. The molecule has 0 bridgehead atoms. The number of nitrogens with zero attached hydrogens (tertiary/aromatic N) is 3. The smallest absolute Gasteiger partial charge is 0.389 e. The van der Waals surface area contributed by atoms with Crippen LogP contribution in [0, 0.1) is 13.8 Å². The van der Waals surface area contributed by atoms with E-state index < -0.39 is 17.8 Å². The van der Waals surface area contributed by atoms with Gasteiger partial charge >= 0.3 is 6.18 Å². The summed E-state index contributed by atoms with van der Waals surface area (Å²) in [5, 5.41) is 9.89. The number of hydrogen-bond donors (Lipinski definition) is 1. The topological polar surface area (TPSA) is 50.9 Å². The van der Waals surface area contributed by atoms with Gasteiger partial charge < -0.3 is 9.67 Å². The summed E-state index contributed by atoms with van der Waals surface area (Å²) in [7, 11) is 0. The normalized spacial score (nSPS) is 13.3. The van der Waals surface area contributed by atoms with E-state index in [-0.39, 0.29) is 5.02 Å². The van der Waals surface area contributed by atoms with Crippen molar-refractivity contribution in [3.8, 4) is 0 Å². The fraction of sp³-hybridized carbons (Fsp3) is 0.368. The van der Waals surface area contributed by atoms with Crippen LogP contribution in [-0.4, -0.2) is 19.6 Å². The van der Waals surface area contributed by atoms with Crippen molar-refractivity contribution in [1.82, 2.24) is 14.5 Å². The number of halogens is 4. The van der Waals surface area contributed by atoms with E-state index in [1.165, 1.54) is 0 Å². The van der Waals surface area contributed by atoms with Crippen LogP contribution in [0.25, 0.3) is 11.0 Å². The molecule has 0 aliphatic carbocycles. The number of pyridine rings is 1. The number of aromatic nitrogens is 3. The molecule has 0 aliphatic rings. The van der Waals surface area contributed by atoms with Crippen molar-refractivity contribution in [2.75, 3.05) is 0 Å². The Kier molecular flexibility index (Phi) is 5.18. The van der Waals surface area contributed by atoms with Gasteiger partial charge in [-0.25, -0.2) is 4.98 Å². The van der Waals surface area contributed by atoms with Gasteiger partial charge in [0.1, 0.15) is 5.82 Å². The van der Waals surface area contributed by atoms with Gasteiger partial charge in [-0.05, 0) is 44.0 Å². The van der Waals surface area contributed by atoms with E-state index in [1.54, 1.807) is 6.92 Å². The number of aliphatic hydroxyl groups is 1. The molecule has 144 valence electrons. The van der Waals surface area contributed by atoms with Crippen molar-refractivity contribution in [1.29, 1.82) is 0 Å². The molecule has 8 heteroatoms.